The van der Waals surface area contributed by atoms with Gasteiger partial charge in [0.05, 0.1) is 11.8 Å². The van der Waals surface area contributed by atoms with E-state index >= 15 is 0 Å². The molecule has 9 heteroatoms. The molecule has 0 N–H and O–H groups in total. The van der Waals surface area contributed by atoms with Crippen LogP contribution in [-0.2, 0) is 4.79 Å². The number of hydrogen-bond donors (Lipinski definition) is 0. The maximum atomic E-state index is 13.6. The Kier molecular flexibility index (Phi) is 6.13. The molecule has 0 saturated carbocycles. The second-order valence-electron chi connectivity index (χ2n) is 8.27. The van der Waals surface area contributed by atoms with Gasteiger partial charge in [0.25, 0.3) is 11.8 Å². The van der Waals surface area contributed by atoms with Crippen molar-refractivity contribution in [3.05, 3.63) is 94.3 Å². The molecule has 0 aromatic heterocycles. The Hall–Kier alpha value is -3.91. The molecule has 5 rings (SSSR count). The predicted molar refractivity (Wildman–Crippen MR) is 128 cm³/mol. The van der Waals surface area contributed by atoms with Crippen molar-refractivity contribution in [1.29, 1.82) is 0 Å². The molecule has 0 saturated heterocycles. The molecule has 1 atom stereocenters. The fourth-order valence-corrected chi connectivity index (χ4v) is 4.41. The number of carbonyl (C=O) groups excluding carboxylic acids is 2. The molecule has 2 aliphatic rings. The third-order valence-corrected chi connectivity index (χ3v) is 6.25. The Morgan fingerprint density at radius 1 is 1.09 bits per heavy atom. The van der Waals surface area contributed by atoms with E-state index < -0.39 is 17.8 Å². The molecule has 35 heavy (non-hydrogen) atoms. The van der Waals surface area contributed by atoms with Gasteiger partial charge >= 0.3 is 0 Å². The summed E-state index contributed by atoms with van der Waals surface area (Å²) in [5.74, 6) is -0.141. The van der Waals surface area contributed by atoms with Gasteiger partial charge in [0, 0.05) is 29.6 Å². The van der Waals surface area contributed by atoms with Crippen LogP contribution in [0.4, 0.5) is 4.39 Å². The number of hydrogen-bond acceptors (Lipinski definition) is 5. The summed E-state index contributed by atoms with van der Waals surface area (Å²) in [4.78, 5) is 27.4. The molecule has 3 aromatic rings. The molecule has 0 spiro atoms. The van der Waals surface area contributed by atoms with Gasteiger partial charge in [0.15, 0.2) is 11.5 Å². The van der Waals surface area contributed by atoms with E-state index in [0.717, 1.165) is 17.2 Å². The van der Waals surface area contributed by atoms with Crippen LogP contribution in [0.15, 0.2) is 71.8 Å². The first-order valence-corrected chi connectivity index (χ1v) is 11.3. The number of nitrogens with zero attached hydrogens (tertiary/aromatic N) is 3. The fourth-order valence-electron chi connectivity index (χ4n) is 4.17. The van der Waals surface area contributed by atoms with Crippen LogP contribution in [0.2, 0.25) is 5.02 Å². The largest absolute Gasteiger partial charge is 0.454 e. The number of rotatable bonds is 5. The van der Waals surface area contributed by atoms with Crippen LogP contribution in [0, 0.1) is 5.82 Å². The molecule has 0 radical (unpaired) electrons. The lowest BCUT2D eigenvalue weighted by atomic mass is 9.98. The molecule has 3 aromatic carbocycles. The average molecular weight is 494 g/mol. The van der Waals surface area contributed by atoms with Gasteiger partial charge < -0.3 is 14.4 Å². The van der Waals surface area contributed by atoms with Gasteiger partial charge in [-0.1, -0.05) is 41.9 Å². The fraction of sp³-hybridized carbons (Fsp3) is 0.192. The first-order chi connectivity index (χ1) is 16.9. The van der Waals surface area contributed by atoms with Gasteiger partial charge in [-0.15, -0.1) is 0 Å². The highest BCUT2D eigenvalue weighted by atomic mass is 35.5. The standard InChI is InChI=1S/C26H21ClFN3O4/c1-30(26(33)17-5-4-6-18(28)11-17)14-25(32)31-22(16-9-10-23-24(12-16)35-15-34-23)13-21(29-31)19-7-2-3-8-20(19)27/h2-12,22H,13-15H2,1H3. The summed E-state index contributed by atoms with van der Waals surface area (Å²) in [7, 11) is 1.50. The molecule has 2 amide bonds. The van der Waals surface area contributed by atoms with Gasteiger partial charge in [0.2, 0.25) is 6.79 Å². The molecule has 7 nitrogen and oxygen atoms in total. The minimum atomic E-state index is -0.521. The second-order valence-corrected chi connectivity index (χ2v) is 8.68. The minimum absolute atomic E-state index is 0.139. The molecule has 0 aliphatic carbocycles. The number of likely N-dealkylation sites (N-methyl/N-ethyl adjacent to an activating group) is 1. The summed E-state index contributed by atoms with van der Waals surface area (Å²) in [6.07, 6.45) is 0.427. The average Bonchev–Trinajstić information content (AvgIpc) is 3.50. The van der Waals surface area contributed by atoms with E-state index in [2.05, 4.69) is 5.10 Å². The summed E-state index contributed by atoms with van der Waals surface area (Å²) in [6, 6.07) is 17.7. The van der Waals surface area contributed by atoms with Crippen LogP contribution in [0.1, 0.15) is 33.9 Å². The third kappa shape index (κ3) is 4.57. The van der Waals surface area contributed by atoms with Crippen molar-refractivity contribution in [3.63, 3.8) is 0 Å². The normalized spacial score (nSPS) is 16.3. The molecule has 0 fully saturated rings. The number of halogens is 2. The molecule has 1 unspecified atom stereocenters. The first kappa shape index (κ1) is 22.9. The van der Waals surface area contributed by atoms with Crippen molar-refractivity contribution >= 4 is 29.1 Å². The van der Waals surface area contributed by atoms with Crippen molar-refractivity contribution < 1.29 is 23.5 Å². The maximum absolute atomic E-state index is 13.6. The second kappa shape index (κ2) is 9.38. The van der Waals surface area contributed by atoms with Gasteiger partial charge in [-0.25, -0.2) is 9.40 Å². The Morgan fingerprint density at radius 2 is 1.89 bits per heavy atom. The van der Waals surface area contributed by atoms with Crippen molar-refractivity contribution in [2.75, 3.05) is 20.4 Å². The zero-order valence-electron chi connectivity index (χ0n) is 18.8. The zero-order valence-corrected chi connectivity index (χ0v) is 19.5. The van der Waals surface area contributed by atoms with E-state index in [1.54, 1.807) is 12.1 Å². The van der Waals surface area contributed by atoms with Crippen LogP contribution in [0.5, 0.6) is 11.5 Å². The number of benzene rings is 3. The molecular formula is C26H21ClFN3O4. The predicted octanol–water partition coefficient (Wildman–Crippen LogP) is 4.66. The van der Waals surface area contributed by atoms with Crippen LogP contribution < -0.4 is 9.47 Å². The van der Waals surface area contributed by atoms with Crippen molar-refractivity contribution in [1.82, 2.24) is 9.91 Å². The number of ether oxygens (including phenoxy) is 2. The first-order valence-electron chi connectivity index (χ1n) is 11.0. The summed E-state index contributed by atoms with van der Waals surface area (Å²) in [5, 5.41) is 6.53. The van der Waals surface area contributed by atoms with Crippen molar-refractivity contribution in [3.8, 4) is 11.5 Å². The Bertz CT molecular complexity index is 1350. The van der Waals surface area contributed by atoms with E-state index in [1.165, 1.54) is 35.2 Å². The zero-order chi connectivity index (χ0) is 24.5. The number of hydrazone groups is 1. The number of fused-ring (bicyclic) bond motifs is 1. The highest BCUT2D eigenvalue weighted by Crippen LogP contribution is 2.39. The van der Waals surface area contributed by atoms with Gasteiger partial charge in [0.1, 0.15) is 12.4 Å². The smallest absolute Gasteiger partial charge is 0.262 e. The van der Waals surface area contributed by atoms with E-state index in [0.29, 0.717) is 28.7 Å². The lowest BCUT2D eigenvalue weighted by Crippen LogP contribution is -2.39. The van der Waals surface area contributed by atoms with Gasteiger partial charge in [-0.2, -0.15) is 5.10 Å². The molecule has 2 heterocycles. The monoisotopic (exact) mass is 493 g/mol. The van der Waals surface area contributed by atoms with Crippen LogP contribution in [-0.4, -0.2) is 47.8 Å². The Balaban J connectivity index is 1.43. The SMILES string of the molecule is CN(CC(=O)N1N=C(c2ccccc2Cl)CC1c1ccc2c(c1)OCO2)C(=O)c1cccc(F)c1. The van der Waals surface area contributed by atoms with E-state index in [4.69, 9.17) is 21.1 Å². The summed E-state index contributed by atoms with van der Waals surface area (Å²) in [5.41, 5.74) is 2.37. The summed E-state index contributed by atoms with van der Waals surface area (Å²) >= 11 is 6.40. The molecule has 2 aliphatic heterocycles. The molecule has 178 valence electrons. The highest BCUT2D eigenvalue weighted by molar-refractivity contribution is 6.34. The third-order valence-electron chi connectivity index (χ3n) is 5.92. The summed E-state index contributed by atoms with van der Waals surface area (Å²) < 4.78 is 24.5. The van der Waals surface area contributed by atoms with E-state index in [1.807, 2.05) is 30.3 Å². The Morgan fingerprint density at radius 3 is 2.69 bits per heavy atom. The molecular weight excluding hydrogens is 473 g/mol. The summed E-state index contributed by atoms with van der Waals surface area (Å²) in [6.45, 7) is -0.101. The van der Waals surface area contributed by atoms with Gasteiger partial charge in [-0.05, 0) is 42.0 Å². The molecule has 0 bridgehead atoms. The number of amides is 2. The lowest BCUT2D eigenvalue weighted by molar-refractivity contribution is -0.133. The maximum Gasteiger partial charge on any atom is 0.262 e. The van der Waals surface area contributed by atoms with Gasteiger partial charge in [-0.3, -0.25) is 9.59 Å². The lowest BCUT2D eigenvalue weighted by Gasteiger charge is -2.25. The Labute approximate surface area is 206 Å². The van der Waals surface area contributed by atoms with Crippen LogP contribution in [0.3, 0.4) is 0 Å². The highest BCUT2D eigenvalue weighted by Gasteiger charge is 2.35. The van der Waals surface area contributed by atoms with Crippen molar-refractivity contribution in [2.45, 2.75) is 12.5 Å². The quantitative estimate of drug-likeness (QED) is 0.518. The van der Waals surface area contributed by atoms with Crippen LogP contribution >= 0.6 is 11.6 Å². The van der Waals surface area contributed by atoms with E-state index in [-0.39, 0.29) is 24.8 Å². The van der Waals surface area contributed by atoms with Crippen molar-refractivity contribution in [2.24, 2.45) is 5.10 Å². The topological polar surface area (TPSA) is 71.4 Å². The minimum Gasteiger partial charge on any atom is -0.454 e. The van der Waals surface area contributed by atoms with Crippen LogP contribution in [0.25, 0.3) is 0 Å². The number of carbonyl (C=O) groups is 2. The van der Waals surface area contributed by atoms with E-state index in [9.17, 15) is 14.0 Å².